The Kier molecular flexibility index (Phi) is 6.45. The number of alkyl halides is 3. The average Bonchev–Trinajstić information content (AvgIpc) is 2.61. The number of benzene rings is 1. The summed E-state index contributed by atoms with van der Waals surface area (Å²) in [6.45, 7) is 3.08. The van der Waals surface area contributed by atoms with Gasteiger partial charge in [-0.15, -0.1) is 0 Å². The number of likely N-dealkylation sites (tertiary alicyclic amines) is 1. The van der Waals surface area contributed by atoms with E-state index in [1.54, 1.807) is 0 Å². The van der Waals surface area contributed by atoms with Crippen molar-refractivity contribution < 1.29 is 27.5 Å². The van der Waals surface area contributed by atoms with Gasteiger partial charge >= 0.3 is 12.1 Å². The van der Waals surface area contributed by atoms with Crippen molar-refractivity contribution in [3.05, 3.63) is 35.4 Å². The van der Waals surface area contributed by atoms with E-state index in [-0.39, 0.29) is 17.5 Å². The van der Waals surface area contributed by atoms with Crippen molar-refractivity contribution in [3.63, 3.8) is 0 Å². The van der Waals surface area contributed by atoms with Crippen molar-refractivity contribution in [2.24, 2.45) is 5.92 Å². The van der Waals surface area contributed by atoms with Crippen molar-refractivity contribution in [2.75, 3.05) is 19.7 Å². The fourth-order valence-electron chi connectivity index (χ4n) is 2.76. The minimum Gasteiger partial charge on any atom is -0.465 e. The van der Waals surface area contributed by atoms with Crippen molar-refractivity contribution in [2.45, 2.75) is 38.8 Å². The Morgan fingerprint density at radius 3 is 2.52 bits per heavy atom. The Hall–Kier alpha value is -2.05. The number of ether oxygens (including phenoxy) is 1. The van der Waals surface area contributed by atoms with Crippen LogP contribution in [-0.4, -0.2) is 36.5 Å². The molecule has 1 aliphatic heterocycles. The van der Waals surface area contributed by atoms with Crippen LogP contribution in [0.2, 0.25) is 0 Å². The van der Waals surface area contributed by atoms with E-state index in [4.69, 9.17) is 4.74 Å². The quantitative estimate of drug-likeness (QED) is 0.593. The summed E-state index contributed by atoms with van der Waals surface area (Å²) in [6.07, 6.45) is -1.79. The highest BCUT2D eigenvalue weighted by atomic mass is 19.4. The number of hydrogen-bond donors (Lipinski definition) is 0. The second kappa shape index (κ2) is 8.36. The molecule has 1 aliphatic rings. The molecule has 0 aliphatic carbocycles. The highest BCUT2D eigenvalue weighted by molar-refractivity contribution is 5.94. The van der Waals surface area contributed by atoms with Crippen LogP contribution in [0.5, 0.6) is 0 Å². The molecule has 25 heavy (non-hydrogen) atoms. The second-order valence-corrected chi connectivity index (χ2v) is 6.17. The first-order valence-electron chi connectivity index (χ1n) is 8.46. The van der Waals surface area contributed by atoms with Crippen LogP contribution >= 0.6 is 0 Å². The Morgan fingerprint density at radius 2 is 1.92 bits per heavy atom. The highest BCUT2D eigenvalue weighted by Gasteiger charge is 2.32. The van der Waals surface area contributed by atoms with E-state index < -0.39 is 17.6 Å². The van der Waals surface area contributed by atoms with Crippen molar-refractivity contribution in [1.82, 2.24) is 4.90 Å². The van der Waals surface area contributed by atoms with Crippen LogP contribution in [-0.2, 0) is 15.7 Å². The number of hydrogen-bond acceptors (Lipinski definition) is 3. The molecule has 0 radical (unpaired) electrons. The zero-order valence-electron chi connectivity index (χ0n) is 14.1. The van der Waals surface area contributed by atoms with Gasteiger partial charge in [0.1, 0.15) is 0 Å². The third-order valence-electron chi connectivity index (χ3n) is 4.29. The molecule has 0 atom stereocenters. The first-order valence-corrected chi connectivity index (χ1v) is 8.46. The maximum Gasteiger partial charge on any atom is 0.416 e. The lowest BCUT2D eigenvalue weighted by molar-refractivity contribution is -0.150. The molecule has 0 N–H and O–H groups in total. The predicted molar refractivity (Wildman–Crippen MR) is 85.9 cm³/mol. The monoisotopic (exact) mass is 357 g/mol. The number of halogens is 3. The molecule has 0 spiro atoms. The molecule has 1 aromatic rings. The number of esters is 1. The molecule has 0 unspecified atom stereocenters. The lowest BCUT2D eigenvalue weighted by Gasteiger charge is -2.31. The number of nitrogens with zero attached hydrogens (tertiary/aromatic N) is 1. The molecule has 7 heteroatoms. The van der Waals surface area contributed by atoms with Crippen LogP contribution in [0, 0.1) is 5.92 Å². The minimum absolute atomic E-state index is 0.0128. The highest BCUT2D eigenvalue weighted by Crippen LogP contribution is 2.30. The predicted octanol–water partition coefficient (Wildman–Crippen LogP) is 3.90. The summed E-state index contributed by atoms with van der Waals surface area (Å²) in [7, 11) is 0. The number of amides is 1. The molecule has 1 amide bonds. The van der Waals surface area contributed by atoms with Crippen LogP contribution < -0.4 is 0 Å². The summed E-state index contributed by atoms with van der Waals surface area (Å²) in [6, 6.07) is 4.42. The molecular weight excluding hydrogens is 335 g/mol. The van der Waals surface area contributed by atoms with Gasteiger partial charge in [0.2, 0.25) is 0 Å². The lowest BCUT2D eigenvalue weighted by atomic mass is 9.96. The average molecular weight is 357 g/mol. The largest absolute Gasteiger partial charge is 0.465 e. The molecule has 4 nitrogen and oxygen atoms in total. The zero-order valence-corrected chi connectivity index (χ0v) is 14.1. The maximum atomic E-state index is 12.8. The molecule has 1 heterocycles. The molecule has 1 aromatic carbocycles. The number of piperidine rings is 1. The lowest BCUT2D eigenvalue weighted by Crippen LogP contribution is -2.40. The van der Waals surface area contributed by atoms with Gasteiger partial charge in [0.25, 0.3) is 5.91 Å². The molecule has 0 bridgehead atoms. The van der Waals surface area contributed by atoms with Crippen LogP contribution in [0.3, 0.4) is 0 Å². The van der Waals surface area contributed by atoms with Gasteiger partial charge in [0.15, 0.2) is 0 Å². The molecule has 0 aromatic heterocycles. The van der Waals surface area contributed by atoms with Gasteiger partial charge in [0, 0.05) is 18.7 Å². The molecule has 0 saturated carbocycles. The Labute approximate surface area is 144 Å². The summed E-state index contributed by atoms with van der Waals surface area (Å²) in [5.74, 6) is -0.939. The zero-order chi connectivity index (χ0) is 18.4. The Bertz CT molecular complexity index is 608. The summed E-state index contributed by atoms with van der Waals surface area (Å²) in [5, 5.41) is 0. The molecule has 1 fully saturated rings. The van der Waals surface area contributed by atoms with E-state index in [1.165, 1.54) is 17.0 Å². The molecular formula is C18H22F3NO3. The van der Waals surface area contributed by atoms with E-state index in [2.05, 4.69) is 0 Å². The third kappa shape index (κ3) is 5.21. The number of unbranched alkanes of at least 4 members (excludes halogenated alkanes) is 1. The van der Waals surface area contributed by atoms with Gasteiger partial charge in [0.05, 0.1) is 18.1 Å². The third-order valence-corrected chi connectivity index (χ3v) is 4.29. The Balaban J connectivity index is 1.92. The summed E-state index contributed by atoms with van der Waals surface area (Å²) in [4.78, 5) is 25.8. The topological polar surface area (TPSA) is 46.6 Å². The van der Waals surface area contributed by atoms with Gasteiger partial charge in [-0.3, -0.25) is 9.59 Å². The Morgan fingerprint density at radius 1 is 1.24 bits per heavy atom. The van der Waals surface area contributed by atoms with E-state index in [1.807, 2.05) is 6.92 Å². The fraction of sp³-hybridized carbons (Fsp3) is 0.556. The molecule has 2 rings (SSSR count). The summed E-state index contributed by atoms with van der Waals surface area (Å²) >= 11 is 0. The maximum absolute atomic E-state index is 12.8. The van der Waals surface area contributed by atoms with Gasteiger partial charge in [-0.25, -0.2) is 0 Å². The minimum atomic E-state index is -4.48. The first-order chi connectivity index (χ1) is 11.8. The first kappa shape index (κ1) is 19.3. The van der Waals surface area contributed by atoms with Gasteiger partial charge < -0.3 is 9.64 Å². The molecule has 1 saturated heterocycles. The SMILES string of the molecule is CCCCOC(=O)C1CCN(C(=O)c2cccc(C(F)(F)F)c2)CC1. The van der Waals surface area contributed by atoms with Crippen LogP contribution in [0.4, 0.5) is 13.2 Å². The standard InChI is InChI=1S/C18H22F3NO3/c1-2-3-11-25-17(24)13-7-9-22(10-8-13)16(23)14-5-4-6-15(12-14)18(19,20)21/h4-6,12-13H,2-3,7-11H2,1H3. The number of rotatable bonds is 5. The van der Waals surface area contributed by atoms with E-state index in [0.29, 0.717) is 32.5 Å². The van der Waals surface area contributed by atoms with Crippen LogP contribution in [0.25, 0.3) is 0 Å². The van der Waals surface area contributed by atoms with E-state index in [0.717, 1.165) is 25.0 Å². The summed E-state index contributed by atoms with van der Waals surface area (Å²) in [5.41, 5.74) is -0.827. The second-order valence-electron chi connectivity index (χ2n) is 6.17. The fourth-order valence-corrected chi connectivity index (χ4v) is 2.76. The molecule has 138 valence electrons. The van der Waals surface area contributed by atoms with Crippen molar-refractivity contribution in [3.8, 4) is 0 Å². The van der Waals surface area contributed by atoms with Crippen LogP contribution in [0.15, 0.2) is 24.3 Å². The smallest absolute Gasteiger partial charge is 0.416 e. The van der Waals surface area contributed by atoms with Crippen molar-refractivity contribution in [1.29, 1.82) is 0 Å². The number of carbonyl (C=O) groups excluding carboxylic acids is 2. The van der Waals surface area contributed by atoms with E-state index in [9.17, 15) is 22.8 Å². The van der Waals surface area contributed by atoms with E-state index >= 15 is 0 Å². The van der Waals surface area contributed by atoms with Gasteiger partial charge in [-0.05, 0) is 37.5 Å². The van der Waals surface area contributed by atoms with Gasteiger partial charge in [-0.2, -0.15) is 13.2 Å². The summed E-state index contributed by atoms with van der Waals surface area (Å²) < 4.78 is 43.5. The normalized spacial score (nSPS) is 15.9. The number of carbonyl (C=O) groups is 2. The van der Waals surface area contributed by atoms with Crippen LogP contribution in [0.1, 0.15) is 48.5 Å². The van der Waals surface area contributed by atoms with Gasteiger partial charge in [-0.1, -0.05) is 19.4 Å². The van der Waals surface area contributed by atoms with Crippen molar-refractivity contribution >= 4 is 11.9 Å².